The predicted molar refractivity (Wildman–Crippen MR) is 132 cm³/mol. The van der Waals surface area contributed by atoms with Crippen molar-refractivity contribution in [2.24, 2.45) is 4.99 Å². The van der Waals surface area contributed by atoms with E-state index < -0.39 is 0 Å². The predicted octanol–water partition coefficient (Wildman–Crippen LogP) is 2.05. The molecule has 1 aromatic heterocycles. The fourth-order valence-corrected chi connectivity index (χ4v) is 3.85. The van der Waals surface area contributed by atoms with Crippen LogP contribution in [0.5, 0.6) is 5.75 Å². The quantitative estimate of drug-likeness (QED) is 0.264. The summed E-state index contributed by atoms with van der Waals surface area (Å²) in [5.41, 5.74) is 0.820. The normalized spacial score (nSPS) is 16.2. The zero-order valence-electron chi connectivity index (χ0n) is 18.0. The van der Waals surface area contributed by atoms with Crippen LogP contribution in [0.1, 0.15) is 17.0 Å². The number of rotatable bonds is 5. The van der Waals surface area contributed by atoms with Gasteiger partial charge in [-0.05, 0) is 30.7 Å². The van der Waals surface area contributed by atoms with Crippen molar-refractivity contribution in [2.45, 2.75) is 6.42 Å². The summed E-state index contributed by atoms with van der Waals surface area (Å²) in [6.45, 7) is 3.98. The zero-order valence-corrected chi connectivity index (χ0v) is 20.4. The molecule has 3 heterocycles. The highest BCUT2D eigenvalue weighted by Crippen LogP contribution is 2.31. The Balaban J connectivity index is 0.00000289. The number of guanidine groups is 1. The number of fused-ring (bicyclic) bond motifs is 1. The Hall–Kier alpha value is -2.76. The number of nitrogens with zero attached hydrogens (tertiary/aromatic N) is 4. The number of para-hydroxylation sites is 2. The smallest absolute Gasteiger partial charge is 0.289 e. The lowest BCUT2D eigenvalue weighted by Crippen LogP contribution is -2.54. The highest BCUT2D eigenvalue weighted by Gasteiger charge is 2.26. The number of nitrogens with one attached hydrogen (secondary N) is 1. The van der Waals surface area contributed by atoms with E-state index in [0.717, 1.165) is 23.8 Å². The molecule has 1 saturated heterocycles. The number of furan rings is 1. The molecule has 1 N–H and O–H groups in total. The molecule has 0 bridgehead atoms. The van der Waals surface area contributed by atoms with Crippen molar-refractivity contribution < 1.29 is 18.7 Å². The van der Waals surface area contributed by atoms with Crippen molar-refractivity contribution in [3.63, 3.8) is 0 Å². The summed E-state index contributed by atoms with van der Waals surface area (Å²) in [6, 6.07) is 11.0. The van der Waals surface area contributed by atoms with E-state index in [4.69, 9.17) is 9.15 Å². The first-order valence-electron chi connectivity index (χ1n) is 10.5. The van der Waals surface area contributed by atoms with Gasteiger partial charge >= 0.3 is 0 Å². The molecule has 2 amide bonds. The number of hydrogen-bond acceptors (Lipinski definition) is 5. The Bertz CT molecular complexity index is 942. The van der Waals surface area contributed by atoms with Gasteiger partial charge in [0.15, 0.2) is 18.3 Å². The number of ether oxygens (including phenoxy) is 1. The minimum absolute atomic E-state index is 0. The summed E-state index contributed by atoms with van der Waals surface area (Å²) in [6.07, 6.45) is 2.29. The first-order chi connectivity index (χ1) is 15.2. The lowest BCUT2D eigenvalue weighted by molar-refractivity contribution is -0.121. The molecule has 1 aromatic carbocycles. The second-order valence-electron chi connectivity index (χ2n) is 7.39. The van der Waals surface area contributed by atoms with Gasteiger partial charge in [-0.2, -0.15) is 0 Å². The number of carbonyl (C=O) groups is 2. The molecule has 10 heteroatoms. The summed E-state index contributed by atoms with van der Waals surface area (Å²) in [4.78, 5) is 34.8. The lowest BCUT2D eigenvalue weighted by atomic mass is 10.2. The summed E-state index contributed by atoms with van der Waals surface area (Å²) >= 11 is 0. The molecule has 1 fully saturated rings. The number of hydrogen-bond donors (Lipinski definition) is 1. The maximum absolute atomic E-state index is 12.4. The van der Waals surface area contributed by atoms with Crippen molar-refractivity contribution in [3.05, 3.63) is 48.4 Å². The molecule has 0 saturated carbocycles. The number of aliphatic imine (C=N–C) groups is 1. The van der Waals surface area contributed by atoms with E-state index in [1.54, 1.807) is 29.0 Å². The van der Waals surface area contributed by atoms with Crippen LogP contribution in [0, 0.1) is 0 Å². The fraction of sp³-hybridized carbons (Fsp3) is 0.409. The number of benzene rings is 1. The van der Waals surface area contributed by atoms with E-state index in [-0.39, 0.29) is 42.4 Å². The van der Waals surface area contributed by atoms with Crippen LogP contribution < -0.4 is 15.0 Å². The first kappa shape index (κ1) is 23.9. The number of halogens is 1. The molecule has 0 radical (unpaired) electrons. The SMILES string of the molecule is CN=C(NCCCN1C(=O)COc2ccccc21)N1CCN(C(=O)c2ccco2)CC1.I. The van der Waals surface area contributed by atoms with Crippen molar-refractivity contribution >= 4 is 47.4 Å². The molecule has 0 unspecified atom stereocenters. The van der Waals surface area contributed by atoms with Gasteiger partial charge in [0.05, 0.1) is 12.0 Å². The minimum atomic E-state index is -0.0805. The molecular formula is C22H28IN5O4. The van der Waals surface area contributed by atoms with Gasteiger partial charge in [0, 0.05) is 46.3 Å². The van der Waals surface area contributed by atoms with Crippen LogP contribution in [-0.4, -0.2) is 80.5 Å². The van der Waals surface area contributed by atoms with Gasteiger partial charge in [-0.15, -0.1) is 24.0 Å². The standard InChI is InChI=1S/C22H27N5O4.HI/c1-23-22(26-13-11-25(12-14-26)21(29)19-8-4-15-30-19)24-9-5-10-27-17-6-2-3-7-18(17)31-16-20(27)28;/h2-4,6-8,15H,5,9-14,16H2,1H3,(H,23,24);1H. The summed E-state index contributed by atoms with van der Waals surface area (Å²) in [5.74, 6) is 1.81. The third-order valence-electron chi connectivity index (χ3n) is 5.46. The second kappa shape index (κ2) is 11.2. The monoisotopic (exact) mass is 553 g/mol. The van der Waals surface area contributed by atoms with E-state index in [0.29, 0.717) is 45.0 Å². The van der Waals surface area contributed by atoms with Crippen molar-refractivity contribution in [2.75, 3.05) is 57.8 Å². The number of anilines is 1. The van der Waals surface area contributed by atoms with Gasteiger partial charge in [-0.25, -0.2) is 0 Å². The van der Waals surface area contributed by atoms with Crippen LogP contribution in [0.3, 0.4) is 0 Å². The highest BCUT2D eigenvalue weighted by molar-refractivity contribution is 14.0. The second-order valence-corrected chi connectivity index (χ2v) is 7.39. The largest absolute Gasteiger partial charge is 0.482 e. The van der Waals surface area contributed by atoms with E-state index in [2.05, 4.69) is 15.2 Å². The molecule has 0 atom stereocenters. The average molecular weight is 553 g/mol. The minimum Gasteiger partial charge on any atom is -0.482 e. The van der Waals surface area contributed by atoms with Crippen LogP contribution in [0.15, 0.2) is 52.1 Å². The summed E-state index contributed by atoms with van der Waals surface area (Å²) in [5, 5.41) is 3.37. The number of carbonyl (C=O) groups excluding carboxylic acids is 2. The molecular weight excluding hydrogens is 525 g/mol. The van der Waals surface area contributed by atoms with Gasteiger partial charge in [0.1, 0.15) is 5.75 Å². The van der Waals surface area contributed by atoms with E-state index >= 15 is 0 Å². The molecule has 2 aliphatic rings. The van der Waals surface area contributed by atoms with Crippen LogP contribution >= 0.6 is 24.0 Å². The van der Waals surface area contributed by atoms with Crippen LogP contribution in [0.2, 0.25) is 0 Å². The Morgan fingerprint density at radius 3 is 2.56 bits per heavy atom. The lowest BCUT2D eigenvalue weighted by Gasteiger charge is -2.36. The van der Waals surface area contributed by atoms with Crippen LogP contribution in [0.4, 0.5) is 5.69 Å². The van der Waals surface area contributed by atoms with Gasteiger partial charge < -0.3 is 29.2 Å². The van der Waals surface area contributed by atoms with E-state index in [9.17, 15) is 9.59 Å². The average Bonchev–Trinajstić information content (AvgIpc) is 3.35. The Kier molecular flexibility index (Phi) is 8.37. The Labute approximate surface area is 204 Å². The van der Waals surface area contributed by atoms with Crippen LogP contribution in [-0.2, 0) is 4.79 Å². The molecule has 2 aliphatic heterocycles. The third-order valence-corrected chi connectivity index (χ3v) is 5.46. The molecule has 2 aromatic rings. The first-order valence-corrected chi connectivity index (χ1v) is 10.5. The molecule has 9 nitrogen and oxygen atoms in total. The topological polar surface area (TPSA) is 90.6 Å². The van der Waals surface area contributed by atoms with Crippen LogP contribution in [0.25, 0.3) is 0 Å². The maximum atomic E-state index is 12.4. The van der Waals surface area contributed by atoms with Gasteiger partial charge in [0.25, 0.3) is 11.8 Å². The Morgan fingerprint density at radius 2 is 1.84 bits per heavy atom. The molecule has 172 valence electrons. The van der Waals surface area contributed by atoms with Gasteiger partial charge in [-0.3, -0.25) is 14.6 Å². The van der Waals surface area contributed by atoms with Gasteiger partial charge in [-0.1, -0.05) is 12.1 Å². The molecule has 0 aliphatic carbocycles. The van der Waals surface area contributed by atoms with Gasteiger partial charge in [0.2, 0.25) is 0 Å². The van der Waals surface area contributed by atoms with Crippen molar-refractivity contribution in [1.82, 2.24) is 15.1 Å². The highest BCUT2D eigenvalue weighted by atomic mass is 127. The summed E-state index contributed by atoms with van der Waals surface area (Å²) < 4.78 is 10.7. The summed E-state index contributed by atoms with van der Waals surface area (Å²) in [7, 11) is 1.75. The van der Waals surface area contributed by atoms with Crippen molar-refractivity contribution in [1.29, 1.82) is 0 Å². The van der Waals surface area contributed by atoms with E-state index in [1.807, 2.05) is 24.3 Å². The molecule has 0 spiro atoms. The maximum Gasteiger partial charge on any atom is 0.289 e. The van der Waals surface area contributed by atoms with Crippen molar-refractivity contribution in [3.8, 4) is 5.75 Å². The molecule has 32 heavy (non-hydrogen) atoms. The molecule has 4 rings (SSSR count). The Morgan fingerprint density at radius 1 is 1.09 bits per heavy atom. The fourth-order valence-electron chi connectivity index (χ4n) is 3.85. The zero-order chi connectivity index (χ0) is 21.6. The van der Waals surface area contributed by atoms with E-state index in [1.165, 1.54) is 6.26 Å². The number of amides is 2. The number of piperazine rings is 1. The third kappa shape index (κ3) is 5.34.